The van der Waals surface area contributed by atoms with E-state index >= 15 is 0 Å². The van der Waals surface area contributed by atoms with Crippen LogP contribution < -0.4 is 5.32 Å². The Morgan fingerprint density at radius 2 is 1.78 bits per heavy atom. The van der Waals surface area contributed by atoms with E-state index in [-0.39, 0.29) is 23.5 Å². The Kier molecular flexibility index (Phi) is 7.25. The molecular formula is C22H31FN2O2. The lowest BCUT2D eigenvalue weighted by Crippen LogP contribution is -2.50. The fourth-order valence-electron chi connectivity index (χ4n) is 4.31. The van der Waals surface area contributed by atoms with Crippen LogP contribution in [0.15, 0.2) is 24.3 Å². The lowest BCUT2D eigenvalue weighted by atomic mass is 9.93. The summed E-state index contributed by atoms with van der Waals surface area (Å²) in [6, 6.07) is 6.83. The predicted octanol–water partition coefficient (Wildman–Crippen LogP) is 3.84. The van der Waals surface area contributed by atoms with Crippen molar-refractivity contribution >= 4 is 11.8 Å². The second-order valence-corrected chi connectivity index (χ2v) is 7.95. The van der Waals surface area contributed by atoms with E-state index in [1.54, 1.807) is 12.1 Å². The topological polar surface area (TPSA) is 49.4 Å². The first-order valence-corrected chi connectivity index (χ1v) is 10.4. The average Bonchev–Trinajstić information content (AvgIpc) is 2.96. The van der Waals surface area contributed by atoms with Crippen molar-refractivity contribution in [1.82, 2.24) is 10.2 Å². The van der Waals surface area contributed by atoms with Gasteiger partial charge in [-0.2, -0.15) is 0 Å². The van der Waals surface area contributed by atoms with E-state index in [1.165, 1.54) is 37.8 Å². The lowest BCUT2D eigenvalue weighted by Gasteiger charge is -2.37. The number of carbonyl (C=O) groups is 2. The van der Waals surface area contributed by atoms with Gasteiger partial charge in [0.2, 0.25) is 11.8 Å². The summed E-state index contributed by atoms with van der Waals surface area (Å²) in [5, 5.41) is 3.03. The van der Waals surface area contributed by atoms with Crippen molar-refractivity contribution in [2.75, 3.05) is 13.1 Å². The molecule has 2 fully saturated rings. The number of nitrogens with zero attached hydrogens (tertiary/aromatic N) is 1. The van der Waals surface area contributed by atoms with Crippen LogP contribution in [-0.2, 0) is 16.0 Å². The van der Waals surface area contributed by atoms with Crippen molar-refractivity contribution in [3.63, 3.8) is 0 Å². The molecule has 1 aliphatic carbocycles. The van der Waals surface area contributed by atoms with Gasteiger partial charge in [0.05, 0.1) is 5.92 Å². The molecular weight excluding hydrogens is 343 g/mol. The van der Waals surface area contributed by atoms with Gasteiger partial charge in [-0.1, -0.05) is 37.8 Å². The summed E-state index contributed by atoms with van der Waals surface area (Å²) in [4.78, 5) is 26.9. The molecule has 0 radical (unpaired) electrons. The fraction of sp³-hybridized carbons (Fsp3) is 0.636. The molecule has 27 heavy (non-hydrogen) atoms. The Balaban J connectivity index is 1.43. The Labute approximate surface area is 161 Å². The number of hydrogen-bond acceptors (Lipinski definition) is 2. The van der Waals surface area contributed by atoms with Gasteiger partial charge in [-0.15, -0.1) is 0 Å². The molecule has 148 valence electrons. The Bertz CT molecular complexity index is 624. The van der Waals surface area contributed by atoms with Gasteiger partial charge in [0, 0.05) is 25.6 Å². The summed E-state index contributed by atoms with van der Waals surface area (Å²) in [5.41, 5.74) is 1.08. The highest BCUT2D eigenvalue weighted by molar-refractivity contribution is 5.84. The van der Waals surface area contributed by atoms with Crippen LogP contribution in [0.2, 0.25) is 0 Å². The Morgan fingerprint density at radius 1 is 1.07 bits per heavy atom. The molecule has 5 heteroatoms. The zero-order valence-electron chi connectivity index (χ0n) is 16.1. The molecule has 1 N–H and O–H groups in total. The number of piperidine rings is 1. The van der Waals surface area contributed by atoms with E-state index in [0.29, 0.717) is 32.0 Å². The van der Waals surface area contributed by atoms with Crippen LogP contribution in [0, 0.1) is 11.7 Å². The summed E-state index contributed by atoms with van der Waals surface area (Å²) in [7, 11) is 0. The van der Waals surface area contributed by atoms with Gasteiger partial charge in [-0.05, 0) is 49.8 Å². The van der Waals surface area contributed by atoms with Crippen LogP contribution in [0.4, 0.5) is 4.39 Å². The van der Waals surface area contributed by atoms with Gasteiger partial charge < -0.3 is 10.2 Å². The minimum absolute atomic E-state index is 0.0697. The highest BCUT2D eigenvalue weighted by Crippen LogP contribution is 2.27. The van der Waals surface area contributed by atoms with E-state index in [4.69, 9.17) is 0 Å². The van der Waals surface area contributed by atoms with Crippen LogP contribution in [0.1, 0.15) is 63.4 Å². The standard InChI is InChI=1S/C22H31FN2O2/c23-19-12-9-17(10-13-19)6-5-15-24-22(27)18-11-14-21(26)25(16-18)20-7-3-1-2-4-8-20/h9-10,12-13,18,20H,1-8,11,14-16H2,(H,24,27). The Morgan fingerprint density at radius 3 is 2.48 bits per heavy atom. The number of rotatable bonds is 6. The molecule has 1 heterocycles. The zero-order chi connectivity index (χ0) is 19.1. The van der Waals surface area contributed by atoms with Gasteiger partial charge in [0.15, 0.2) is 0 Å². The van der Waals surface area contributed by atoms with E-state index in [2.05, 4.69) is 5.32 Å². The number of halogens is 1. The van der Waals surface area contributed by atoms with E-state index in [9.17, 15) is 14.0 Å². The molecule has 4 nitrogen and oxygen atoms in total. The van der Waals surface area contributed by atoms with Gasteiger partial charge in [-0.25, -0.2) is 4.39 Å². The van der Waals surface area contributed by atoms with Crippen LogP contribution >= 0.6 is 0 Å². The monoisotopic (exact) mass is 374 g/mol. The van der Waals surface area contributed by atoms with E-state index in [0.717, 1.165) is 31.2 Å². The van der Waals surface area contributed by atoms with Crippen LogP contribution in [0.5, 0.6) is 0 Å². The number of carbonyl (C=O) groups excluding carboxylic acids is 2. The SMILES string of the molecule is O=C(NCCCc1ccc(F)cc1)C1CCC(=O)N(C2CCCCCC2)C1. The van der Waals surface area contributed by atoms with Crippen LogP contribution in [0.25, 0.3) is 0 Å². The second-order valence-electron chi connectivity index (χ2n) is 7.95. The van der Waals surface area contributed by atoms with Gasteiger partial charge in [0.25, 0.3) is 0 Å². The van der Waals surface area contributed by atoms with Gasteiger partial charge >= 0.3 is 0 Å². The molecule has 0 aromatic heterocycles. The van der Waals surface area contributed by atoms with Crippen molar-refractivity contribution < 1.29 is 14.0 Å². The lowest BCUT2D eigenvalue weighted by molar-refractivity contribution is -0.141. The maximum Gasteiger partial charge on any atom is 0.224 e. The van der Waals surface area contributed by atoms with Crippen molar-refractivity contribution in [2.45, 2.75) is 70.3 Å². The number of benzene rings is 1. The summed E-state index contributed by atoms with van der Waals surface area (Å²) >= 11 is 0. The summed E-state index contributed by atoms with van der Waals surface area (Å²) in [5.74, 6) is -0.0172. The maximum atomic E-state index is 12.9. The van der Waals surface area contributed by atoms with E-state index in [1.807, 2.05) is 4.90 Å². The third-order valence-electron chi connectivity index (χ3n) is 5.94. The first kappa shape index (κ1) is 19.8. The highest BCUT2D eigenvalue weighted by Gasteiger charge is 2.34. The van der Waals surface area contributed by atoms with Crippen LogP contribution in [-0.4, -0.2) is 35.8 Å². The molecule has 1 unspecified atom stereocenters. The quantitative estimate of drug-likeness (QED) is 0.608. The number of likely N-dealkylation sites (tertiary alicyclic amines) is 1. The summed E-state index contributed by atoms with van der Waals surface area (Å²) in [6.07, 6.45) is 9.86. The smallest absolute Gasteiger partial charge is 0.224 e. The molecule has 2 aliphatic rings. The molecule has 1 saturated heterocycles. The molecule has 2 amide bonds. The molecule has 1 aliphatic heterocycles. The maximum absolute atomic E-state index is 12.9. The molecule has 1 aromatic carbocycles. The minimum Gasteiger partial charge on any atom is -0.356 e. The number of hydrogen-bond donors (Lipinski definition) is 1. The van der Waals surface area contributed by atoms with Crippen molar-refractivity contribution in [3.05, 3.63) is 35.6 Å². The van der Waals surface area contributed by atoms with E-state index < -0.39 is 0 Å². The first-order valence-electron chi connectivity index (χ1n) is 10.4. The molecule has 1 aromatic rings. The highest BCUT2D eigenvalue weighted by atomic mass is 19.1. The summed E-state index contributed by atoms with van der Waals surface area (Å²) < 4.78 is 12.9. The fourth-order valence-corrected chi connectivity index (χ4v) is 4.31. The summed E-state index contributed by atoms with van der Waals surface area (Å²) in [6.45, 7) is 1.19. The van der Waals surface area contributed by atoms with Crippen molar-refractivity contribution in [1.29, 1.82) is 0 Å². The number of aryl methyl sites for hydroxylation is 1. The van der Waals surface area contributed by atoms with Gasteiger partial charge in [0.1, 0.15) is 5.82 Å². The minimum atomic E-state index is -0.225. The second kappa shape index (κ2) is 9.86. The Hall–Kier alpha value is -1.91. The molecule has 0 bridgehead atoms. The number of nitrogens with one attached hydrogen (secondary N) is 1. The third-order valence-corrected chi connectivity index (χ3v) is 5.94. The zero-order valence-corrected chi connectivity index (χ0v) is 16.1. The third kappa shape index (κ3) is 5.78. The number of amides is 2. The van der Waals surface area contributed by atoms with Crippen LogP contribution in [0.3, 0.4) is 0 Å². The predicted molar refractivity (Wildman–Crippen MR) is 104 cm³/mol. The van der Waals surface area contributed by atoms with Crippen molar-refractivity contribution in [3.8, 4) is 0 Å². The van der Waals surface area contributed by atoms with Crippen molar-refractivity contribution in [2.24, 2.45) is 5.92 Å². The molecule has 0 spiro atoms. The first-order chi connectivity index (χ1) is 13.1. The van der Waals surface area contributed by atoms with Gasteiger partial charge in [-0.3, -0.25) is 9.59 Å². The average molecular weight is 375 g/mol. The normalized spacial score (nSPS) is 21.7. The molecule has 1 atom stereocenters. The molecule has 3 rings (SSSR count). The molecule has 1 saturated carbocycles. The largest absolute Gasteiger partial charge is 0.356 e.